The number of hydrogen-bond donors (Lipinski definition) is 1. The lowest BCUT2D eigenvalue weighted by Crippen LogP contribution is -2.12. The summed E-state index contributed by atoms with van der Waals surface area (Å²) in [6, 6.07) is 0. The van der Waals surface area contributed by atoms with Crippen molar-refractivity contribution in [1.29, 1.82) is 0 Å². The Morgan fingerprint density at radius 3 is 2.27 bits per heavy atom. The van der Waals surface area contributed by atoms with Gasteiger partial charge >= 0.3 is 6.18 Å². The number of aromatic nitrogens is 2. The van der Waals surface area contributed by atoms with Crippen LogP contribution in [0.1, 0.15) is 5.82 Å². The van der Waals surface area contributed by atoms with Gasteiger partial charge in [0, 0.05) is 13.2 Å². The highest BCUT2D eigenvalue weighted by Crippen LogP contribution is 2.28. The van der Waals surface area contributed by atoms with Gasteiger partial charge in [0.2, 0.25) is 5.82 Å². The highest BCUT2D eigenvalue weighted by atomic mass is 19.4. The summed E-state index contributed by atoms with van der Waals surface area (Å²) in [5, 5.41) is 0. The summed E-state index contributed by atoms with van der Waals surface area (Å²) in [7, 11) is 1.24. The zero-order valence-electron chi connectivity index (χ0n) is 5.68. The van der Waals surface area contributed by atoms with Gasteiger partial charge < -0.3 is 10.3 Å². The molecule has 62 valence electrons. The van der Waals surface area contributed by atoms with Crippen molar-refractivity contribution >= 4 is 5.82 Å². The fourth-order valence-electron chi connectivity index (χ4n) is 0.753. The summed E-state index contributed by atoms with van der Waals surface area (Å²) in [6.07, 6.45) is -3.31. The van der Waals surface area contributed by atoms with E-state index >= 15 is 0 Å². The number of alkyl halides is 3. The molecule has 3 nitrogen and oxygen atoms in total. The van der Waals surface area contributed by atoms with E-state index in [1.807, 2.05) is 0 Å². The quantitative estimate of drug-likeness (QED) is 0.623. The van der Waals surface area contributed by atoms with E-state index in [1.54, 1.807) is 0 Å². The van der Waals surface area contributed by atoms with Gasteiger partial charge in [0.05, 0.1) is 0 Å². The number of imidazole rings is 1. The van der Waals surface area contributed by atoms with Crippen LogP contribution < -0.4 is 5.73 Å². The number of nitrogens with two attached hydrogens (primary N) is 1. The van der Waals surface area contributed by atoms with Gasteiger partial charge in [0.1, 0.15) is 5.82 Å². The Morgan fingerprint density at radius 1 is 1.55 bits per heavy atom. The molecule has 0 amide bonds. The van der Waals surface area contributed by atoms with Crippen molar-refractivity contribution in [1.82, 2.24) is 9.55 Å². The summed E-state index contributed by atoms with van der Waals surface area (Å²) >= 11 is 0. The smallest absolute Gasteiger partial charge is 0.382 e. The monoisotopic (exact) mass is 165 g/mol. The molecule has 0 aliphatic carbocycles. The Morgan fingerprint density at radius 2 is 2.09 bits per heavy atom. The average molecular weight is 165 g/mol. The zero-order valence-corrected chi connectivity index (χ0v) is 5.68. The Balaban J connectivity index is 3.13. The SMILES string of the molecule is Cn1cc(N)nc1C(F)(F)F. The number of halogens is 3. The molecule has 11 heavy (non-hydrogen) atoms. The van der Waals surface area contributed by atoms with Crippen molar-refractivity contribution in [2.75, 3.05) is 5.73 Å². The Labute approximate surface area is 60.6 Å². The molecule has 0 unspecified atom stereocenters. The Kier molecular flexibility index (Phi) is 1.54. The highest BCUT2D eigenvalue weighted by molar-refractivity contribution is 5.26. The van der Waals surface area contributed by atoms with Gasteiger partial charge in [-0.25, -0.2) is 4.98 Å². The number of rotatable bonds is 0. The molecule has 1 aromatic rings. The van der Waals surface area contributed by atoms with E-state index in [0.717, 1.165) is 10.8 Å². The van der Waals surface area contributed by atoms with Crippen LogP contribution in [0, 0.1) is 0 Å². The molecular formula is C5H6F3N3. The minimum Gasteiger partial charge on any atom is -0.382 e. The molecule has 1 heterocycles. The molecule has 0 aliphatic heterocycles. The van der Waals surface area contributed by atoms with Gasteiger partial charge in [-0.15, -0.1) is 0 Å². The second-order valence-corrected chi connectivity index (χ2v) is 2.10. The molecule has 0 aliphatic rings. The molecular weight excluding hydrogens is 159 g/mol. The first-order valence-corrected chi connectivity index (χ1v) is 2.77. The average Bonchev–Trinajstić information content (AvgIpc) is 2.08. The summed E-state index contributed by atoms with van der Waals surface area (Å²) in [5.41, 5.74) is 5.04. The van der Waals surface area contributed by atoms with E-state index in [1.165, 1.54) is 7.05 Å². The van der Waals surface area contributed by atoms with Crippen molar-refractivity contribution < 1.29 is 13.2 Å². The predicted molar refractivity (Wildman–Crippen MR) is 32.6 cm³/mol. The van der Waals surface area contributed by atoms with Gasteiger partial charge in [-0.2, -0.15) is 13.2 Å². The molecule has 0 bridgehead atoms. The standard InChI is InChI=1S/C5H6F3N3/c1-11-2-3(9)10-4(11)5(6,7)8/h2H,9H2,1H3. The zero-order chi connectivity index (χ0) is 8.65. The van der Waals surface area contributed by atoms with Crippen molar-refractivity contribution in [2.24, 2.45) is 7.05 Å². The second-order valence-electron chi connectivity index (χ2n) is 2.10. The summed E-state index contributed by atoms with van der Waals surface area (Å²) in [4.78, 5) is 3.10. The summed E-state index contributed by atoms with van der Waals surface area (Å²) < 4.78 is 36.6. The van der Waals surface area contributed by atoms with Gasteiger partial charge in [-0.1, -0.05) is 0 Å². The molecule has 0 fully saturated rings. The van der Waals surface area contributed by atoms with Crippen molar-refractivity contribution in [3.63, 3.8) is 0 Å². The summed E-state index contributed by atoms with van der Waals surface area (Å²) in [6.45, 7) is 0. The molecule has 6 heteroatoms. The normalized spacial score (nSPS) is 12.0. The number of nitrogen functional groups attached to an aromatic ring is 1. The van der Waals surface area contributed by atoms with E-state index in [9.17, 15) is 13.2 Å². The minimum absolute atomic E-state index is 0.125. The van der Waals surface area contributed by atoms with Crippen LogP contribution in [0.5, 0.6) is 0 Å². The van der Waals surface area contributed by atoms with Crippen LogP contribution in [0.2, 0.25) is 0 Å². The van der Waals surface area contributed by atoms with Crippen LogP contribution in [-0.4, -0.2) is 9.55 Å². The van der Waals surface area contributed by atoms with Crippen LogP contribution in [0.15, 0.2) is 6.20 Å². The molecule has 0 saturated carbocycles. The maximum Gasteiger partial charge on any atom is 0.449 e. The van der Waals surface area contributed by atoms with E-state index in [2.05, 4.69) is 4.98 Å². The Hall–Kier alpha value is -1.20. The molecule has 0 aromatic carbocycles. The first kappa shape index (κ1) is 7.90. The van der Waals surface area contributed by atoms with Crippen LogP contribution in [0.4, 0.5) is 19.0 Å². The third kappa shape index (κ3) is 1.44. The van der Waals surface area contributed by atoms with Gasteiger partial charge in [-0.05, 0) is 0 Å². The van der Waals surface area contributed by atoms with E-state index in [0.29, 0.717) is 0 Å². The molecule has 0 radical (unpaired) electrons. The van der Waals surface area contributed by atoms with Crippen molar-refractivity contribution in [3.8, 4) is 0 Å². The van der Waals surface area contributed by atoms with Crippen LogP contribution in [0.25, 0.3) is 0 Å². The first-order valence-electron chi connectivity index (χ1n) is 2.77. The lowest BCUT2D eigenvalue weighted by Gasteiger charge is -2.03. The van der Waals surface area contributed by atoms with E-state index in [-0.39, 0.29) is 5.82 Å². The fraction of sp³-hybridized carbons (Fsp3) is 0.400. The Bertz CT molecular complexity index is 262. The molecule has 0 spiro atoms. The van der Waals surface area contributed by atoms with Crippen molar-refractivity contribution in [2.45, 2.75) is 6.18 Å². The fourth-order valence-corrected chi connectivity index (χ4v) is 0.753. The lowest BCUT2D eigenvalue weighted by atomic mass is 10.6. The predicted octanol–water partition coefficient (Wildman–Crippen LogP) is 1.02. The largest absolute Gasteiger partial charge is 0.449 e. The van der Waals surface area contributed by atoms with Crippen LogP contribution in [0.3, 0.4) is 0 Å². The van der Waals surface area contributed by atoms with Crippen molar-refractivity contribution in [3.05, 3.63) is 12.0 Å². The van der Waals surface area contributed by atoms with Gasteiger partial charge in [0.25, 0.3) is 0 Å². The number of anilines is 1. The molecule has 1 rings (SSSR count). The summed E-state index contributed by atoms with van der Waals surface area (Å²) in [5.74, 6) is -1.10. The molecule has 0 atom stereocenters. The number of nitrogens with zero attached hydrogens (tertiary/aromatic N) is 2. The highest BCUT2D eigenvalue weighted by Gasteiger charge is 2.35. The molecule has 0 saturated heterocycles. The number of aryl methyl sites for hydroxylation is 1. The van der Waals surface area contributed by atoms with E-state index in [4.69, 9.17) is 5.73 Å². The first-order chi connectivity index (χ1) is 4.91. The third-order valence-corrected chi connectivity index (χ3v) is 1.15. The topological polar surface area (TPSA) is 43.8 Å². The van der Waals surface area contributed by atoms with Gasteiger partial charge in [-0.3, -0.25) is 0 Å². The molecule has 1 aromatic heterocycles. The second kappa shape index (κ2) is 2.14. The van der Waals surface area contributed by atoms with Gasteiger partial charge in [0.15, 0.2) is 0 Å². The lowest BCUT2D eigenvalue weighted by molar-refractivity contribution is -0.146. The number of hydrogen-bond acceptors (Lipinski definition) is 2. The molecule has 2 N–H and O–H groups in total. The minimum atomic E-state index is -4.42. The maximum absolute atomic E-state index is 11.9. The van der Waals surface area contributed by atoms with E-state index < -0.39 is 12.0 Å². The maximum atomic E-state index is 11.9. The van der Waals surface area contributed by atoms with Crippen LogP contribution >= 0.6 is 0 Å². The van der Waals surface area contributed by atoms with Crippen LogP contribution in [-0.2, 0) is 13.2 Å². The third-order valence-electron chi connectivity index (χ3n) is 1.15.